The Balaban J connectivity index is 1.82. The molecule has 1 rings (SSSR count). The van der Waals surface area contributed by atoms with Crippen LogP contribution in [-0.4, -0.2) is 25.0 Å². The maximum Gasteiger partial charge on any atom is 0.234 e. The molecule has 0 atom stereocenters. The summed E-state index contributed by atoms with van der Waals surface area (Å²) in [4.78, 5) is 11.2. The first-order valence-electron chi connectivity index (χ1n) is 5.26. The fourth-order valence-corrected chi connectivity index (χ4v) is 1.19. The van der Waals surface area contributed by atoms with Crippen molar-refractivity contribution < 1.29 is 4.79 Å². The van der Waals surface area contributed by atoms with E-state index in [-0.39, 0.29) is 5.91 Å². The van der Waals surface area contributed by atoms with Crippen LogP contribution in [0.3, 0.4) is 0 Å². The predicted molar refractivity (Wildman–Crippen MR) is 56.7 cm³/mol. The van der Waals surface area contributed by atoms with Crippen LogP contribution in [0.4, 0.5) is 0 Å². The third-order valence-electron chi connectivity index (χ3n) is 2.15. The highest BCUT2D eigenvalue weighted by Crippen LogP contribution is 2.18. The van der Waals surface area contributed by atoms with Gasteiger partial charge in [0, 0.05) is 12.5 Å². The van der Waals surface area contributed by atoms with Crippen molar-refractivity contribution in [1.29, 1.82) is 0 Å². The molecule has 14 heavy (non-hydrogen) atoms. The summed E-state index contributed by atoms with van der Waals surface area (Å²) in [6.07, 6.45) is 10.3. The van der Waals surface area contributed by atoms with Gasteiger partial charge in [0.15, 0.2) is 0 Å². The van der Waals surface area contributed by atoms with E-state index in [0.717, 1.165) is 38.6 Å². The van der Waals surface area contributed by atoms with Gasteiger partial charge in [-0.2, -0.15) is 0 Å². The summed E-state index contributed by atoms with van der Waals surface area (Å²) < 4.78 is 0. The number of carbonyl (C=O) groups is 1. The standard InChI is InChI=1S/C11H18N2O/c1-2-3-4-5-8-12-9-11(14)13-10-6-7-10/h1,10,12H,3-9H2,(H,13,14). The topological polar surface area (TPSA) is 41.1 Å². The summed E-state index contributed by atoms with van der Waals surface area (Å²) >= 11 is 0. The number of nitrogens with one attached hydrogen (secondary N) is 2. The second-order valence-electron chi connectivity index (χ2n) is 3.68. The van der Waals surface area contributed by atoms with Crippen molar-refractivity contribution in [2.24, 2.45) is 0 Å². The highest BCUT2D eigenvalue weighted by Gasteiger charge is 2.22. The first-order chi connectivity index (χ1) is 6.83. The van der Waals surface area contributed by atoms with E-state index in [0.29, 0.717) is 12.6 Å². The molecule has 3 heteroatoms. The molecule has 78 valence electrons. The van der Waals surface area contributed by atoms with Crippen molar-refractivity contribution in [3.05, 3.63) is 0 Å². The van der Waals surface area contributed by atoms with Crippen molar-refractivity contribution in [3.63, 3.8) is 0 Å². The average Bonchev–Trinajstić information content (AvgIpc) is 2.95. The van der Waals surface area contributed by atoms with Gasteiger partial charge in [-0.05, 0) is 32.2 Å². The second kappa shape index (κ2) is 6.44. The number of carbonyl (C=O) groups excluding carboxylic acids is 1. The second-order valence-corrected chi connectivity index (χ2v) is 3.68. The Morgan fingerprint density at radius 1 is 1.43 bits per heavy atom. The summed E-state index contributed by atoms with van der Waals surface area (Å²) in [5.41, 5.74) is 0. The summed E-state index contributed by atoms with van der Waals surface area (Å²) in [6.45, 7) is 1.31. The highest BCUT2D eigenvalue weighted by molar-refractivity contribution is 5.78. The van der Waals surface area contributed by atoms with Crippen LogP contribution in [0.5, 0.6) is 0 Å². The van der Waals surface area contributed by atoms with Gasteiger partial charge in [-0.3, -0.25) is 4.79 Å². The largest absolute Gasteiger partial charge is 0.352 e. The molecule has 0 aromatic rings. The van der Waals surface area contributed by atoms with E-state index < -0.39 is 0 Å². The molecule has 3 nitrogen and oxygen atoms in total. The molecule has 0 aliphatic heterocycles. The molecular formula is C11H18N2O. The Kier molecular flexibility index (Phi) is 5.09. The predicted octanol–water partition coefficient (Wildman–Crippen LogP) is 0.658. The molecule has 0 bridgehead atoms. The van der Waals surface area contributed by atoms with E-state index in [2.05, 4.69) is 16.6 Å². The Bertz CT molecular complexity index is 216. The number of hydrogen-bond acceptors (Lipinski definition) is 2. The van der Waals surface area contributed by atoms with Gasteiger partial charge in [0.25, 0.3) is 0 Å². The van der Waals surface area contributed by atoms with Gasteiger partial charge in [0.2, 0.25) is 5.91 Å². The van der Waals surface area contributed by atoms with Crippen LogP contribution in [0.1, 0.15) is 32.1 Å². The Morgan fingerprint density at radius 3 is 2.86 bits per heavy atom. The van der Waals surface area contributed by atoms with Gasteiger partial charge in [-0.15, -0.1) is 12.3 Å². The summed E-state index contributed by atoms with van der Waals surface area (Å²) in [6, 6.07) is 0.464. The number of amides is 1. The zero-order valence-electron chi connectivity index (χ0n) is 8.51. The minimum Gasteiger partial charge on any atom is -0.352 e. The van der Waals surface area contributed by atoms with Gasteiger partial charge < -0.3 is 10.6 Å². The van der Waals surface area contributed by atoms with Crippen molar-refractivity contribution in [3.8, 4) is 12.3 Å². The van der Waals surface area contributed by atoms with Gasteiger partial charge in [0.05, 0.1) is 6.54 Å². The van der Waals surface area contributed by atoms with Crippen LogP contribution in [0, 0.1) is 12.3 Å². The van der Waals surface area contributed by atoms with Gasteiger partial charge in [-0.25, -0.2) is 0 Å². The SMILES string of the molecule is C#CCCCCNCC(=O)NC1CC1. The molecule has 1 aliphatic rings. The van der Waals surface area contributed by atoms with Crippen molar-refractivity contribution in [2.45, 2.75) is 38.1 Å². The molecule has 2 N–H and O–H groups in total. The van der Waals surface area contributed by atoms with Crippen LogP contribution >= 0.6 is 0 Å². The molecule has 0 spiro atoms. The first kappa shape index (κ1) is 11.1. The van der Waals surface area contributed by atoms with E-state index in [1.165, 1.54) is 0 Å². The molecule has 1 fully saturated rings. The first-order valence-corrected chi connectivity index (χ1v) is 5.26. The molecule has 0 unspecified atom stereocenters. The lowest BCUT2D eigenvalue weighted by Gasteiger charge is -2.04. The van der Waals surface area contributed by atoms with Crippen molar-refractivity contribution >= 4 is 5.91 Å². The normalized spacial score (nSPS) is 14.8. The third kappa shape index (κ3) is 5.60. The van der Waals surface area contributed by atoms with E-state index in [4.69, 9.17) is 6.42 Å². The minimum absolute atomic E-state index is 0.115. The molecule has 1 aliphatic carbocycles. The average molecular weight is 194 g/mol. The molecule has 0 aromatic carbocycles. The van der Waals surface area contributed by atoms with Crippen molar-refractivity contribution in [1.82, 2.24) is 10.6 Å². The van der Waals surface area contributed by atoms with Gasteiger partial charge >= 0.3 is 0 Å². The molecule has 1 saturated carbocycles. The lowest BCUT2D eigenvalue weighted by atomic mass is 10.2. The van der Waals surface area contributed by atoms with E-state index in [9.17, 15) is 4.79 Å². The smallest absolute Gasteiger partial charge is 0.234 e. The van der Waals surface area contributed by atoms with Gasteiger partial charge in [0.1, 0.15) is 0 Å². The lowest BCUT2D eigenvalue weighted by molar-refractivity contribution is -0.120. The Labute approximate surface area is 85.6 Å². The third-order valence-corrected chi connectivity index (χ3v) is 2.15. The molecule has 0 radical (unpaired) electrons. The maximum absolute atomic E-state index is 11.2. The van der Waals surface area contributed by atoms with Crippen LogP contribution < -0.4 is 10.6 Å². The minimum atomic E-state index is 0.115. The van der Waals surface area contributed by atoms with Gasteiger partial charge in [-0.1, -0.05) is 0 Å². The number of unbranched alkanes of at least 4 members (excludes halogenated alkanes) is 2. The van der Waals surface area contributed by atoms with Crippen molar-refractivity contribution in [2.75, 3.05) is 13.1 Å². The lowest BCUT2D eigenvalue weighted by Crippen LogP contribution is -2.35. The molecule has 0 aromatic heterocycles. The van der Waals surface area contributed by atoms with Crippen LogP contribution in [0.2, 0.25) is 0 Å². The zero-order chi connectivity index (χ0) is 10.2. The summed E-state index contributed by atoms with van der Waals surface area (Å²) in [5.74, 6) is 2.71. The highest BCUT2D eigenvalue weighted by atomic mass is 16.2. The van der Waals surface area contributed by atoms with E-state index in [1.54, 1.807) is 0 Å². The number of rotatable bonds is 7. The summed E-state index contributed by atoms with van der Waals surface area (Å²) in [7, 11) is 0. The maximum atomic E-state index is 11.2. The number of hydrogen-bond donors (Lipinski definition) is 2. The number of terminal acetylenes is 1. The Morgan fingerprint density at radius 2 is 2.21 bits per heavy atom. The monoisotopic (exact) mass is 194 g/mol. The summed E-state index contributed by atoms with van der Waals surface area (Å²) in [5, 5.41) is 6.02. The van der Waals surface area contributed by atoms with Crippen LogP contribution in [-0.2, 0) is 4.79 Å². The molecular weight excluding hydrogens is 176 g/mol. The molecule has 0 heterocycles. The fraction of sp³-hybridized carbons (Fsp3) is 0.727. The van der Waals surface area contributed by atoms with E-state index >= 15 is 0 Å². The molecule has 1 amide bonds. The molecule has 0 saturated heterocycles. The fourth-order valence-electron chi connectivity index (χ4n) is 1.19. The van der Waals surface area contributed by atoms with Crippen LogP contribution in [0.15, 0.2) is 0 Å². The van der Waals surface area contributed by atoms with E-state index in [1.807, 2.05) is 0 Å². The zero-order valence-corrected chi connectivity index (χ0v) is 8.51. The Hall–Kier alpha value is -1.01. The quantitative estimate of drug-likeness (QED) is 0.462. The van der Waals surface area contributed by atoms with Crippen LogP contribution in [0.25, 0.3) is 0 Å².